The van der Waals surface area contributed by atoms with Crippen LogP contribution in [0, 0.1) is 21.4 Å². The summed E-state index contributed by atoms with van der Waals surface area (Å²) in [5, 5.41) is 21.9. The van der Waals surface area contributed by atoms with Crippen molar-refractivity contribution in [2.75, 3.05) is 26.0 Å². The van der Waals surface area contributed by atoms with Gasteiger partial charge in [0.15, 0.2) is 0 Å². The maximum absolute atomic E-state index is 12.3. The zero-order chi connectivity index (χ0) is 15.3. The van der Waals surface area contributed by atoms with Gasteiger partial charge in [0.2, 0.25) is 10.0 Å². The van der Waals surface area contributed by atoms with Crippen LogP contribution in [-0.2, 0) is 10.0 Å². The van der Waals surface area contributed by atoms with Gasteiger partial charge in [-0.1, -0.05) is 0 Å². The van der Waals surface area contributed by atoms with Crippen LogP contribution < -0.4 is 5.32 Å². The highest BCUT2D eigenvalue weighted by Crippen LogP contribution is 2.28. The standard InChI is InChI=1S/C11H14N4O4S/c1-13-10-5-4-9(15(16)17)8-11(10)20(18,19)14(2)7-3-6-12/h4-5,8,13H,3,7H2,1-2H3. The second-order valence-corrected chi connectivity index (χ2v) is 5.94. The van der Waals surface area contributed by atoms with Crippen LogP contribution in [0.2, 0.25) is 0 Å². The van der Waals surface area contributed by atoms with Gasteiger partial charge in [0.1, 0.15) is 4.90 Å². The summed E-state index contributed by atoms with van der Waals surface area (Å²) in [5.74, 6) is 0. The van der Waals surface area contributed by atoms with Gasteiger partial charge in [0.05, 0.1) is 16.7 Å². The van der Waals surface area contributed by atoms with Crippen molar-refractivity contribution in [1.82, 2.24) is 4.31 Å². The highest BCUT2D eigenvalue weighted by molar-refractivity contribution is 7.89. The van der Waals surface area contributed by atoms with Crippen LogP contribution >= 0.6 is 0 Å². The van der Waals surface area contributed by atoms with E-state index in [1.165, 1.54) is 26.2 Å². The van der Waals surface area contributed by atoms with Gasteiger partial charge in [0, 0.05) is 39.2 Å². The molecule has 0 aromatic heterocycles. The minimum Gasteiger partial charge on any atom is -0.387 e. The average molecular weight is 298 g/mol. The molecule has 0 radical (unpaired) electrons. The first kappa shape index (κ1) is 15.9. The Morgan fingerprint density at radius 2 is 2.15 bits per heavy atom. The van der Waals surface area contributed by atoms with Gasteiger partial charge in [-0.25, -0.2) is 8.42 Å². The topological polar surface area (TPSA) is 116 Å². The first-order valence-electron chi connectivity index (χ1n) is 5.64. The van der Waals surface area contributed by atoms with Crippen LogP contribution in [0.3, 0.4) is 0 Å². The molecule has 108 valence electrons. The Morgan fingerprint density at radius 3 is 2.65 bits per heavy atom. The highest BCUT2D eigenvalue weighted by atomic mass is 32.2. The van der Waals surface area contributed by atoms with E-state index in [0.29, 0.717) is 0 Å². The summed E-state index contributed by atoms with van der Waals surface area (Å²) in [5.41, 5.74) is -0.0457. The lowest BCUT2D eigenvalue weighted by molar-refractivity contribution is -0.385. The zero-order valence-electron chi connectivity index (χ0n) is 11.0. The van der Waals surface area contributed by atoms with Crippen molar-refractivity contribution in [3.8, 4) is 6.07 Å². The van der Waals surface area contributed by atoms with Gasteiger partial charge in [-0.2, -0.15) is 9.57 Å². The second-order valence-electron chi connectivity index (χ2n) is 3.92. The van der Waals surface area contributed by atoms with Crippen molar-refractivity contribution in [2.24, 2.45) is 0 Å². The number of benzene rings is 1. The molecule has 20 heavy (non-hydrogen) atoms. The molecule has 1 aromatic carbocycles. The average Bonchev–Trinajstić information content (AvgIpc) is 2.43. The van der Waals surface area contributed by atoms with E-state index in [0.717, 1.165) is 10.4 Å². The van der Waals surface area contributed by atoms with Gasteiger partial charge >= 0.3 is 0 Å². The lowest BCUT2D eigenvalue weighted by atomic mass is 10.3. The molecule has 0 unspecified atom stereocenters. The molecule has 9 heteroatoms. The third-order valence-electron chi connectivity index (χ3n) is 2.67. The molecule has 0 aliphatic carbocycles. The lowest BCUT2D eigenvalue weighted by Crippen LogP contribution is -2.28. The normalized spacial score (nSPS) is 11.1. The molecule has 0 fully saturated rings. The van der Waals surface area contributed by atoms with Gasteiger partial charge in [-0.15, -0.1) is 0 Å². The van der Waals surface area contributed by atoms with Crippen molar-refractivity contribution in [1.29, 1.82) is 5.26 Å². The Hall–Kier alpha value is -2.18. The van der Waals surface area contributed by atoms with Crippen LogP contribution in [-0.4, -0.2) is 38.3 Å². The van der Waals surface area contributed by atoms with Crippen molar-refractivity contribution >= 4 is 21.4 Å². The number of hydrogen-bond donors (Lipinski definition) is 1. The predicted octanol–water partition coefficient (Wildman–Crippen LogP) is 1.17. The van der Waals surface area contributed by atoms with Crippen molar-refractivity contribution in [3.05, 3.63) is 28.3 Å². The number of hydrogen-bond acceptors (Lipinski definition) is 6. The molecule has 1 N–H and O–H groups in total. The summed E-state index contributed by atoms with van der Waals surface area (Å²) in [6.07, 6.45) is 0.0412. The fourth-order valence-corrected chi connectivity index (χ4v) is 2.93. The number of non-ortho nitro benzene ring substituents is 1. The van der Waals surface area contributed by atoms with E-state index in [4.69, 9.17) is 5.26 Å². The Kier molecular flexibility index (Phi) is 5.01. The Morgan fingerprint density at radius 1 is 1.50 bits per heavy atom. The number of nitro benzene ring substituents is 1. The maximum atomic E-state index is 12.3. The third-order valence-corrected chi connectivity index (χ3v) is 4.57. The summed E-state index contributed by atoms with van der Waals surface area (Å²) < 4.78 is 25.7. The fraction of sp³-hybridized carbons (Fsp3) is 0.364. The van der Waals surface area contributed by atoms with E-state index >= 15 is 0 Å². The predicted molar refractivity (Wildman–Crippen MR) is 72.7 cm³/mol. The van der Waals surface area contributed by atoms with E-state index in [2.05, 4.69) is 5.32 Å². The number of rotatable bonds is 6. The van der Waals surface area contributed by atoms with Gasteiger partial charge in [-0.05, 0) is 6.07 Å². The molecular weight excluding hydrogens is 284 g/mol. The monoisotopic (exact) mass is 298 g/mol. The summed E-state index contributed by atoms with van der Waals surface area (Å²) in [6, 6.07) is 5.41. The number of anilines is 1. The van der Waals surface area contributed by atoms with Crippen LogP contribution in [0.4, 0.5) is 11.4 Å². The van der Waals surface area contributed by atoms with E-state index < -0.39 is 14.9 Å². The second kappa shape index (κ2) is 6.31. The summed E-state index contributed by atoms with van der Waals surface area (Å²) >= 11 is 0. The van der Waals surface area contributed by atoms with E-state index in [1.54, 1.807) is 0 Å². The molecule has 0 heterocycles. The molecule has 1 aromatic rings. The molecule has 8 nitrogen and oxygen atoms in total. The number of sulfonamides is 1. The Bertz CT molecular complexity index is 651. The van der Waals surface area contributed by atoms with Crippen LogP contribution in [0.5, 0.6) is 0 Å². The van der Waals surface area contributed by atoms with E-state index in [-0.39, 0.29) is 29.2 Å². The van der Waals surface area contributed by atoms with Gasteiger partial charge < -0.3 is 5.32 Å². The molecule has 0 bridgehead atoms. The van der Waals surface area contributed by atoms with E-state index in [1.807, 2.05) is 6.07 Å². The van der Waals surface area contributed by atoms with E-state index in [9.17, 15) is 18.5 Å². The zero-order valence-corrected chi connectivity index (χ0v) is 11.8. The molecule has 0 aliphatic heterocycles. The van der Waals surface area contributed by atoms with Crippen LogP contribution in [0.1, 0.15) is 6.42 Å². The summed E-state index contributed by atoms with van der Waals surface area (Å²) in [6.45, 7) is 0.0185. The first-order chi connectivity index (χ1) is 9.34. The number of nitro groups is 1. The Balaban J connectivity index is 3.32. The maximum Gasteiger partial charge on any atom is 0.270 e. The van der Waals surface area contributed by atoms with Crippen molar-refractivity contribution in [2.45, 2.75) is 11.3 Å². The number of nitriles is 1. The minimum atomic E-state index is -3.89. The van der Waals surface area contributed by atoms with Crippen LogP contribution in [0.15, 0.2) is 23.1 Å². The Labute approximate surface area is 116 Å². The fourth-order valence-electron chi connectivity index (χ4n) is 1.54. The van der Waals surface area contributed by atoms with Gasteiger partial charge in [0.25, 0.3) is 5.69 Å². The smallest absolute Gasteiger partial charge is 0.270 e. The van der Waals surface area contributed by atoms with Crippen molar-refractivity contribution < 1.29 is 13.3 Å². The molecule has 0 saturated heterocycles. The minimum absolute atomic E-state index is 0.0185. The molecule has 0 amide bonds. The summed E-state index contributed by atoms with van der Waals surface area (Å²) in [7, 11) is -1.05. The SMILES string of the molecule is CNc1ccc([N+](=O)[O-])cc1S(=O)(=O)N(C)CCC#N. The molecule has 1 rings (SSSR count). The highest BCUT2D eigenvalue weighted by Gasteiger charge is 2.26. The molecule has 0 spiro atoms. The number of nitrogens with one attached hydrogen (secondary N) is 1. The molecule has 0 atom stereocenters. The molecule has 0 aliphatic rings. The number of nitrogens with zero attached hydrogens (tertiary/aromatic N) is 3. The van der Waals surface area contributed by atoms with Gasteiger partial charge in [-0.3, -0.25) is 10.1 Å². The van der Waals surface area contributed by atoms with Crippen molar-refractivity contribution in [3.63, 3.8) is 0 Å². The summed E-state index contributed by atoms with van der Waals surface area (Å²) in [4.78, 5) is 9.91. The molecule has 0 saturated carbocycles. The lowest BCUT2D eigenvalue weighted by Gasteiger charge is -2.17. The molecular formula is C11H14N4O4S. The third kappa shape index (κ3) is 3.23. The quantitative estimate of drug-likeness (QED) is 0.622. The van der Waals surface area contributed by atoms with Crippen LogP contribution in [0.25, 0.3) is 0 Å². The largest absolute Gasteiger partial charge is 0.387 e. The first-order valence-corrected chi connectivity index (χ1v) is 7.08.